The maximum Gasteiger partial charge on any atom is 0.0547 e. The fourth-order valence-electron chi connectivity index (χ4n) is 12.4. The van der Waals surface area contributed by atoms with Crippen LogP contribution in [0.3, 0.4) is 0 Å². The van der Waals surface area contributed by atoms with Crippen molar-refractivity contribution in [2.75, 3.05) is 0 Å². The van der Waals surface area contributed by atoms with Crippen LogP contribution >= 0.6 is 0 Å². The minimum Gasteiger partial charge on any atom is -0.309 e. The molecule has 2 heteroatoms. The largest absolute Gasteiger partial charge is 0.309 e. The molecule has 0 fully saturated rings. The summed E-state index contributed by atoms with van der Waals surface area (Å²) in [6, 6.07) is 98.8. The predicted molar refractivity (Wildman–Crippen MR) is 307 cm³/mol. The number of nitrogens with zero attached hydrogens (tertiary/aromatic N) is 2. The second-order valence-electron chi connectivity index (χ2n) is 19.0. The fourth-order valence-corrected chi connectivity index (χ4v) is 12.4. The first-order chi connectivity index (χ1) is 35.8. The molecule has 0 amide bonds. The Morgan fingerprint density at radius 1 is 0.194 bits per heavy atom. The van der Waals surface area contributed by atoms with Gasteiger partial charge in [0.15, 0.2) is 0 Å². The Hall–Kier alpha value is -9.50. The van der Waals surface area contributed by atoms with Crippen molar-refractivity contribution < 1.29 is 0 Å². The molecule has 13 aromatic carbocycles. The molecule has 0 spiro atoms. The summed E-state index contributed by atoms with van der Waals surface area (Å²) in [5.74, 6) is 0. The Bertz CT molecular complexity index is 4380. The summed E-state index contributed by atoms with van der Waals surface area (Å²) < 4.78 is 4.86. The summed E-state index contributed by atoms with van der Waals surface area (Å²) in [5, 5.41) is 14.8. The summed E-state index contributed by atoms with van der Waals surface area (Å²) in [4.78, 5) is 0. The van der Waals surface area contributed by atoms with Crippen molar-refractivity contribution in [3.05, 3.63) is 267 Å². The summed E-state index contributed by atoms with van der Waals surface area (Å²) in [6.07, 6.45) is 0. The lowest BCUT2D eigenvalue weighted by Gasteiger charge is -2.22. The molecule has 72 heavy (non-hydrogen) atoms. The normalized spacial score (nSPS) is 11.9. The van der Waals surface area contributed by atoms with E-state index >= 15 is 0 Å². The van der Waals surface area contributed by atoms with Crippen LogP contribution in [0.5, 0.6) is 0 Å². The van der Waals surface area contributed by atoms with Gasteiger partial charge in [-0.25, -0.2) is 0 Å². The van der Waals surface area contributed by atoms with Crippen molar-refractivity contribution in [3.8, 4) is 55.9 Å². The molecule has 0 bridgehead atoms. The first-order valence-corrected chi connectivity index (χ1v) is 24.9. The molecule has 0 radical (unpaired) electrons. The smallest absolute Gasteiger partial charge is 0.0547 e. The Labute approximate surface area is 416 Å². The summed E-state index contributed by atoms with van der Waals surface area (Å²) in [5.41, 5.74) is 16.9. The molecule has 15 rings (SSSR count). The zero-order valence-corrected chi connectivity index (χ0v) is 39.3. The summed E-state index contributed by atoms with van der Waals surface area (Å²) in [6.45, 7) is 0. The van der Waals surface area contributed by atoms with E-state index in [0.29, 0.717) is 0 Å². The highest BCUT2D eigenvalue weighted by molar-refractivity contribution is 6.30. The molecule has 0 saturated carbocycles. The highest BCUT2D eigenvalue weighted by Crippen LogP contribution is 2.51. The van der Waals surface area contributed by atoms with E-state index in [2.05, 4.69) is 276 Å². The predicted octanol–water partition coefficient (Wildman–Crippen LogP) is 19.2. The topological polar surface area (TPSA) is 9.86 Å². The number of aromatic nitrogens is 2. The first kappa shape index (κ1) is 40.4. The molecule has 0 saturated heterocycles. The number of hydrogen-bond acceptors (Lipinski definition) is 0. The molecule has 0 aliphatic heterocycles. The first-order valence-electron chi connectivity index (χ1n) is 24.9. The van der Waals surface area contributed by atoms with Crippen LogP contribution in [0.1, 0.15) is 0 Å². The number of rotatable bonds is 6. The van der Waals surface area contributed by atoms with E-state index in [1.807, 2.05) is 0 Å². The average molecular weight is 913 g/mol. The third kappa shape index (κ3) is 5.90. The fraction of sp³-hybridized carbons (Fsp3) is 0. The van der Waals surface area contributed by atoms with E-state index in [1.165, 1.54) is 131 Å². The zero-order valence-electron chi connectivity index (χ0n) is 39.3. The van der Waals surface area contributed by atoms with Gasteiger partial charge in [-0.3, -0.25) is 0 Å². The second-order valence-corrected chi connectivity index (χ2v) is 19.0. The van der Waals surface area contributed by atoms with E-state index in [9.17, 15) is 0 Å². The average Bonchev–Trinajstić information content (AvgIpc) is 3.98. The molecule has 334 valence electrons. The number of benzene rings is 13. The van der Waals surface area contributed by atoms with Crippen molar-refractivity contribution in [1.29, 1.82) is 0 Å². The van der Waals surface area contributed by atoms with Crippen LogP contribution in [0.2, 0.25) is 0 Å². The minimum atomic E-state index is 1.15. The van der Waals surface area contributed by atoms with Gasteiger partial charge < -0.3 is 9.13 Å². The van der Waals surface area contributed by atoms with Gasteiger partial charge in [-0.2, -0.15) is 0 Å². The molecule has 0 N–H and O–H groups in total. The third-order valence-electron chi connectivity index (χ3n) is 15.3. The summed E-state index contributed by atoms with van der Waals surface area (Å²) in [7, 11) is 0. The van der Waals surface area contributed by atoms with Crippen molar-refractivity contribution in [1.82, 2.24) is 9.13 Å². The highest BCUT2D eigenvalue weighted by Gasteiger charge is 2.25. The van der Waals surface area contributed by atoms with E-state index in [0.717, 1.165) is 11.4 Å². The van der Waals surface area contributed by atoms with Crippen molar-refractivity contribution in [2.45, 2.75) is 0 Å². The molecular formula is C70H44N2. The van der Waals surface area contributed by atoms with Crippen LogP contribution in [0.4, 0.5) is 0 Å². The Kier molecular flexibility index (Phi) is 8.99. The van der Waals surface area contributed by atoms with Crippen molar-refractivity contribution in [2.24, 2.45) is 0 Å². The molecular weight excluding hydrogens is 869 g/mol. The lowest BCUT2D eigenvalue weighted by Crippen LogP contribution is -1.95. The van der Waals surface area contributed by atoms with Gasteiger partial charge in [0.1, 0.15) is 0 Å². The van der Waals surface area contributed by atoms with Crippen molar-refractivity contribution >= 4 is 86.7 Å². The molecule has 2 aromatic heterocycles. The number of fused-ring (bicyclic) bond motifs is 10. The molecule has 0 aliphatic rings. The van der Waals surface area contributed by atoms with Gasteiger partial charge in [0.2, 0.25) is 0 Å². The SMILES string of the molecule is c1ccc(-c2c3ccccc3c(-c3c4cccc(-c5cccc6c5c5ccccc5n6-c5ccccc5)c4cc4c(-c5cccc6c5c5ccccc5n6-c5ccccc5)cccc34)c3ccccc23)cc1. The maximum atomic E-state index is 2.52. The van der Waals surface area contributed by atoms with Crippen LogP contribution in [0.15, 0.2) is 267 Å². The lowest BCUT2D eigenvalue weighted by atomic mass is 9.81. The third-order valence-corrected chi connectivity index (χ3v) is 15.3. The number of para-hydroxylation sites is 4. The lowest BCUT2D eigenvalue weighted by molar-refractivity contribution is 1.18. The molecule has 2 heterocycles. The second kappa shape index (κ2) is 16.0. The quantitative estimate of drug-likeness (QED) is 0.147. The molecule has 0 aliphatic carbocycles. The van der Waals surface area contributed by atoms with E-state index in [4.69, 9.17) is 0 Å². The molecule has 0 atom stereocenters. The van der Waals surface area contributed by atoms with Gasteiger partial charge in [0.25, 0.3) is 0 Å². The van der Waals surface area contributed by atoms with E-state index < -0.39 is 0 Å². The van der Waals surface area contributed by atoms with Crippen LogP contribution in [-0.4, -0.2) is 9.13 Å². The van der Waals surface area contributed by atoms with E-state index in [-0.39, 0.29) is 0 Å². The maximum absolute atomic E-state index is 2.52. The molecule has 2 nitrogen and oxygen atoms in total. The van der Waals surface area contributed by atoms with Crippen molar-refractivity contribution in [3.63, 3.8) is 0 Å². The minimum absolute atomic E-state index is 1.15. The Morgan fingerprint density at radius 3 is 0.944 bits per heavy atom. The molecule has 0 unspecified atom stereocenters. The van der Waals surface area contributed by atoms with Gasteiger partial charge in [-0.05, 0) is 142 Å². The van der Waals surface area contributed by atoms with Gasteiger partial charge in [-0.15, -0.1) is 0 Å². The van der Waals surface area contributed by atoms with Crippen LogP contribution in [-0.2, 0) is 0 Å². The van der Waals surface area contributed by atoms with Crippen LogP contribution in [0.25, 0.3) is 143 Å². The Balaban J connectivity index is 1.12. The number of hydrogen-bond donors (Lipinski definition) is 0. The van der Waals surface area contributed by atoms with Crippen LogP contribution < -0.4 is 0 Å². The molecule has 15 aromatic rings. The van der Waals surface area contributed by atoms with Gasteiger partial charge in [-0.1, -0.05) is 212 Å². The van der Waals surface area contributed by atoms with Gasteiger partial charge in [0.05, 0.1) is 22.1 Å². The van der Waals surface area contributed by atoms with E-state index in [1.54, 1.807) is 0 Å². The zero-order chi connectivity index (χ0) is 47.3. The monoisotopic (exact) mass is 912 g/mol. The van der Waals surface area contributed by atoms with Gasteiger partial charge >= 0.3 is 0 Å². The van der Waals surface area contributed by atoms with Gasteiger partial charge in [0, 0.05) is 32.9 Å². The summed E-state index contributed by atoms with van der Waals surface area (Å²) >= 11 is 0. The van der Waals surface area contributed by atoms with Crippen LogP contribution in [0, 0.1) is 0 Å². The standard InChI is InChI=1S/C70H44N2/c1-4-22-45(23-5-1)66-52-28-10-12-30-54(52)69(55-31-13-11-29-53(55)66)70-56-36-18-34-48(50-38-20-42-64-67(50)58-32-14-16-40-62(58)71(64)46-24-6-2-7-25-46)60(56)44-61-49(35-19-37-57(61)70)51-39-21-43-65-68(51)59-33-15-17-41-63(59)72(65)47-26-8-3-9-27-47/h1-44H. The Morgan fingerprint density at radius 2 is 0.500 bits per heavy atom. The highest BCUT2D eigenvalue weighted by atomic mass is 15.0.